The maximum Gasteiger partial charge on any atom is 0.160 e. The molecule has 0 amide bonds. The van der Waals surface area contributed by atoms with Crippen LogP contribution in [-0.4, -0.2) is 19.5 Å². The number of benzene rings is 1. The summed E-state index contributed by atoms with van der Waals surface area (Å²) in [5, 5.41) is -0.551. The zero-order chi connectivity index (χ0) is 12.0. The van der Waals surface area contributed by atoms with Gasteiger partial charge >= 0.3 is 0 Å². The van der Waals surface area contributed by atoms with E-state index >= 15 is 0 Å². The maximum atomic E-state index is 12.0. The molecule has 0 aliphatic carbocycles. The topological polar surface area (TPSA) is 34.1 Å². The molecule has 0 aromatic heterocycles. The van der Waals surface area contributed by atoms with Crippen molar-refractivity contribution in [3.8, 4) is 0 Å². The Hall–Kier alpha value is -0.800. The highest BCUT2D eigenvalue weighted by Crippen LogP contribution is 2.15. The van der Waals surface area contributed by atoms with Crippen LogP contribution in [0.2, 0.25) is 0 Å². The summed E-state index contributed by atoms with van der Waals surface area (Å²) in [5.41, 5.74) is 0.795. The fourth-order valence-electron chi connectivity index (χ4n) is 1.47. The van der Waals surface area contributed by atoms with Crippen LogP contribution in [0.25, 0.3) is 0 Å². The van der Waals surface area contributed by atoms with Gasteiger partial charge in [0.25, 0.3) is 0 Å². The number of hydrogen-bond donors (Lipinski definition) is 0. The molecule has 16 heavy (non-hydrogen) atoms. The molecule has 0 fully saturated rings. The van der Waals surface area contributed by atoms with Gasteiger partial charge in [-0.05, 0) is 12.0 Å². The minimum atomic E-state index is -3.19. The van der Waals surface area contributed by atoms with Gasteiger partial charge in [-0.25, -0.2) is 8.42 Å². The van der Waals surface area contributed by atoms with E-state index in [1.807, 2.05) is 18.2 Å². The number of alkyl halides is 1. The lowest BCUT2D eigenvalue weighted by Crippen LogP contribution is -2.21. The molecule has 1 aromatic carbocycles. The Balaban J connectivity index is 2.82. The van der Waals surface area contributed by atoms with Crippen LogP contribution >= 0.6 is 11.6 Å². The Labute approximate surface area is 102 Å². The van der Waals surface area contributed by atoms with Gasteiger partial charge in [0, 0.05) is 5.88 Å². The zero-order valence-corrected chi connectivity index (χ0v) is 10.5. The molecular weight excluding hydrogens is 244 g/mol. The van der Waals surface area contributed by atoms with Crippen LogP contribution in [0.15, 0.2) is 43.0 Å². The number of halogens is 1. The maximum absolute atomic E-state index is 12.0. The second-order valence-electron chi connectivity index (χ2n) is 3.54. The van der Waals surface area contributed by atoms with Crippen molar-refractivity contribution >= 4 is 21.4 Å². The van der Waals surface area contributed by atoms with Crippen molar-refractivity contribution in [2.45, 2.75) is 17.4 Å². The van der Waals surface area contributed by atoms with Crippen LogP contribution in [0.1, 0.15) is 12.0 Å². The predicted molar refractivity (Wildman–Crippen MR) is 68.4 cm³/mol. The summed E-state index contributed by atoms with van der Waals surface area (Å²) in [4.78, 5) is 0. The molecule has 0 bridgehead atoms. The van der Waals surface area contributed by atoms with Crippen molar-refractivity contribution < 1.29 is 8.42 Å². The Morgan fingerprint density at radius 3 is 2.44 bits per heavy atom. The molecule has 0 saturated heterocycles. The summed E-state index contributed by atoms with van der Waals surface area (Å²) in [6.07, 6.45) is 1.88. The first-order chi connectivity index (χ1) is 7.60. The second-order valence-corrected chi connectivity index (χ2v) is 6.14. The van der Waals surface area contributed by atoms with Gasteiger partial charge in [0.2, 0.25) is 0 Å². The lowest BCUT2D eigenvalue weighted by molar-refractivity contribution is 0.586. The summed E-state index contributed by atoms with van der Waals surface area (Å²) < 4.78 is 24.0. The van der Waals surface area contributed by atoms with E-state index in [2.05, 4.69) is 6.58 Å². The van der Waals surface area contributed by atoms with Gasteiger partial charge in [0.15, 0.2) is 9.84 Å². The van der Waals surface area contributed by atoms with Crippen LogP contribution in [0.3, 0.4) is 0 Å². The van der Waals surface area contributed by atoms with Gasteiger partial charge in [0.1, 0.15) is 0 Å². The van der Waals surface area contributed by atoms with Gasteiger partial charge in [-0.1, -0.05) is 36.4 Å². The molecule has 1 aromatic rings. The molecule has 1 rings (SSSR count). The lowest BCUT2D eigenvalue weighted by atomic mass is 10.2. The van der Waals surface area contributed by atoms with Gasteiger partial charge in [-0.15, -0.1) is 18.2 Å². The first kappa shape index (κ1) is 13.3. The molecule has 0 radical (unpaired) electrons. The molecule has 2 nitrogen and oxygen atoms in total. The van der Waals surface area contributed by atoms with Gasteiger partial charge in [0.05, 0.1) is 11.0 Å². The summed E-state index contributed by atoms with van der Waals surface area (Å²) in [6.45, 7) is 3.55. The van der Waals surface area contributed by atoms with E-state index in [1.54, 1.807) is 12.1 Å². The third-order valence-electron chi connectivity index (χ3n) is 2.33. The van der Waals surface area contributed by atoms with Crippen LogP contribution in [-0.2, 0) is 15.6 Å². The molecule has 88 valence electrons. The molecule has 1 unspecified atom stereocenters. The standard InChI is InChI=1S/C12H15ClO2S/c1-2-12(8-9-13)16(14,15)10-11-6-4-3-5-7-11/h2-7,12H,1,8-10H2. The first-order valence-electron chi connectivity index (χ1n) is 5.04. The Morgan fingerprint density at radius 1 is 1.31 bits per heavy atom. The number of sulfone groups is 1. The molecule has 0 aliphatic heterocycles. The van der Waals surface area contributed by atoms with Gasteiger partial charge in [-0.3, -0.25) is 0 Å². The van der Waals surface area contributed by atoms with E-state index in [1.165, 1.54) is 6.08 Å². The van der Waals surface area contributed by atoms with E-state index in [9.17, 15) is 8.42 Å². The molecule has 0 heterocycles. The number of rotatable bonds is 6. The Bertz CT molecular complexity index is 426. The van der Waals surface area contributed by atoms with Crippen LogP contribution in [0.4, 0.5) is 0 Å². The SMILES string of the molecule is C=CC(CCCl)S(=O)(=O)Cc1ccccc1. The zero-order valence-electron chi connectivity index (χ0n) is 8.97. The van der Waals surface area contributed by atoms with Crippen LogP contribution in [0.5, 0.6) is 0 Å². The highest BCUT2D eigenvalue weighted by atomic mass is 35.5. The fraction of sp³-hybridized carbons (Fsp3) is 0.333. The molecule has 0 spiro atoms. The predicted octanol–water partition coefficient (Wildman–Crippen LogP) is 2.78. The van der Waals surface area contributed by atoms with E-state index in [0.717, 1.165) is 5.56 Å². The molecule has 0 aliphatic rings. The minimum Gasteiger partial charge on any atom is -0.228 e. The normalized spacial score (nSPS) is 13.3. The number of hydrogen-bond acceptors (Lipinski definition) is 2. The van der Waals surface area contributed by atoms with Crippen molar-refractivity contribution in [3.05, 3.63) is 48.6 Å². The molecule has 1 atom stereocenters. The van der Waals surface area contributed by atoms with E-state index < -0.39 is 15.1 Å². The van der Waals surface area contributed by atoms with Crippen molar-refractivity contribution in [1.29, 1.82) is 0 Å². The Kier molecular flexibility index (Phi) is 5.03. The summed E-state index contributed by atoms with van der Waals surface area (Å²) in [5.74, 6) is 0.367. The minimum absolute atomic E-state index is 0.0431. The van der Waals surface area contributed by atoms with Crippen LogP contribution < -0.4 is 0 Å². The molecule has 4 heteroatoms. The quantitative estimate of drug-likeness (QED) is 0.581. The smallest absolute Gasteiger partial charge is 0.160 e. The largest absolute Gasteiger partial charge is 0.228 e. The van der Waals surface area contributed by atoms with Crippen molar-refractivity contribution in [2.24, 2.45) is 0 Å². The molecule has 0 saturated carbocycles. The Morgan fingerprint density at radius 2 is 1.94 bits per heavy atom. The highest BCUT2D eigenvalue weighted by Gasteiger charge is 2.22. The summed E-state index contributed by atoms with van der Waals surface area (Å²) in [6, 6.07) is 9.13. The molecule has 0 N–H and O–H groups in total. The second kappa shape index (κ2) is 6.06. The lowest BCUT2D eigenvalue weighted by Gasteiger charge is -2.12. The summed E-state index contributed by atoms with van der Waals surface area (Å²) in [7, 11) is -3.19. The van der Waals surface area contributed by atoms with E-state index in [0.29, 0.717) is 12.3 Å². The van der Waals surface area contributed by atoms with Crippen molar-refractivity contribution in [2.75, 3.05) is 5.88 Å². The van der Waals surface area contributed by atoms with Crippen LogP contribution in [0, 0.1) is 0 Å². The van der Waals surface area contributed by atoms with Gasteiger partial charge in [-0.2, -0.15) is 0 Å². The fourth-order valence-corrected chi connectivity index (χ4v) is 3.47. The van der Waals surface area contributed by atoms with E-state index in [4.69, 9.17) is 11.6 Å². The molecular formula is C12H15ClO2S. The highest BCUT2D eigenvalue weighted by molar-refractivity contribution is 7.91. The van der Waals surface area contributed by atoms with Crippen molar-refractivity contribution in [1.82, 2.24) is 0 Å². The third kappa shape index (κ3) is 3.65. The van der Waals surface area contributed by atoms with E-state index in [-0.39, 0.29) is 5.75 Å². The third-order valence-corrected chi connectivity index (χ3v) is 4.63. The first-order valence-corrected chi connectivity index (χ1v) is 7.29. The average Bonchev–Trinajstić information content (AvgIpc) is 2.26. The summed E-state index contributed by atoms with van der Waals surface area (Å²) >= 11 is 5.57. The monoisotopic (exact) mass is 258 g/mol. The van der Waals surface area contributed by atoms with Gasteiger partial charge < -0.3 is 0 Å². The average molecular weight is 259 g/mol. The van der Waals surface area contributed by atoms with Crippen molar-refractivity contribution in [3.63, 3.8) is 0 Å².